The van der Waals surface area contributed by atoms with Crippen molar-refractivity contribution >= 4 is 17.7 Å². The van der Waals surface area contributed by atoms with Crippen LogP contribution in [0.5, 0.6) is 0 Å². The first-order chi connectivity index (χ1) is 7.15. The Morgan fingerprint density at radius 3 is 2.53 bits per heavy atom. The van der Waals surface area contributed by atoms with Crippen molar-refractivity contribution in [1.82, 2.24) is 15.5 Å². The molecule has 0 aromatic rings. The lowest BCUT2D eigenvalue weighted by atomic mass is 10.2. The highest BCUT2D eigenvalue weighted by Crippen LogP contribution is 2.00. The third-order valence-electron chi connectivity index (χ3n) is 2.22. The van der Waals surface area contributed by atoms with E-state index in [9.17, 15) is 14.4 Å². The summed E-state index contributed by atoms with van der Waals surface area (Å²) in [5.74, 6) is -0.517. The minimum atomic E-state index is -0.219. The molecule has 0 aliphatic carbocycles. The topological polar surface area (TPSA) is 78.5 Å². The van der Waals surface area contributed by atoms with E-state index in [0.717, 1.165) is 0 Å². The van der Waals surface area contributed by atoms with Crippen LogP contribution in [0.4, 0.5) is 0 Å². The van der Waals surface area contributed by atoms with Crippen molar-refractivity contribution in [3.05, 3.63) is 0 Å². The van der Waals surface area contributed by atoms with Gasteiger partial charge in [0.15, 0.2) is 0 Å². The Morgan fingerprint density at radius 1 is 1.40 bits per heavy atom. The fraction of sp³-hybridized carbons (Fsp3) is 0.667. The molecule has 0 radical (unpaired) electrons. The number of hydrogen-bond donors (Lipinski definition) is 2. The van der Waals surface area contributed by atoms with Gasteiger partial charge in [-0.15, -0.1) is 0 Å². The Hall–Kier alpha value is -1.43. The van der Waals surface area contributed by atoms with Gasteiger partial charge in [0, 0.05) is 20.0 Å². The van der Waals surface area contributed by atoms with Crippen LogP contribution >= 0.6 is 0 Å². The van der Waals surface area contributed by atoms with Crippen LogP contribution in [0.1, 0.15) is 12.8 Å². The zero-order chi connectivity index (χ0) is 11.3. The van der Waals surface area contributed by atoms with E-state index in [-0.39, 0.29) is 30.8 Å². The maximum Gasteiger partial charge on any atom is 0.243 e. The van der Waals surface area contributed by atoms with E-state index in [4.69, 9.17) is 0 Å². The first-order valence-electron chi connectivity index (χ1n) is 4.89. The second-order valence-electron chi connectivity index (χ2n) is 3.32. The Labute approximate surface area is 88.0 Å². The average molecular weight is 213 g/mol. The van der Waals surface area contributed by atoms with E-state index in [1.165, 1.54) is 4.90 Å². The van der Waals surface area contributed by atoms with Crippen LogP contribution < -0.4 is 10.6 Å². The quantitative estimate of drug-likeness (QED) is 0.555. The van der Waals surface area contributed by atoms with Crippen molar-refractivity contribution in [2.24, 2.45) is 0 Å². The highest BCUT2D eigenvalue weighted by atomic mass is 16.2. The van der Waals surface area contributed by atoms with Gasteiger partial charge in [-0.1, -0.05) is 0 Å². The highest BCUT2D eigenvalue weighted by Gasteiger charge is 2.24. The van der Waals surface area contributed by atoms with Crippen molar-refractivity contribution in [3.8, 4) is 0 Å². The molecule has 0 atom stereocenters. The smallest absolute Gasteiger partial charge is 0.243 e. The van der Waals surface area contributed by atoms with Gasteiger partial charge in [0.2, 0.25) is 17.7 Å². The van der Waals surface area contributed by atoms with Gasteiger partial charge in [-0.2, -0.15) is 0 Å². The predicted molar refractivity (Wildman–Crippen MR) is 52.9 cm³/mol. The number of imide groups is 1. The monoisotopic (exact) mass is 213 g/mol. The first-order valence-corrected chi connectivity index (χ1v) is 4.89. The average Bonchev–Trinajstić information content (AvgIpc) is 2.22. The molecule has 0 unspecified atom stereocenters. The minimum Gasteiger partial charge on any atom is -0.359 e. The summed E-state index contributed by atoms with van der Waals surface area (Å²) in [5.41, 5.74) is 0. The van der Waals surface area contributed by atoms with Gasteiger partial charge in [0.1, 0.15) is 0 Å². The Bertz CT molecular complexity index is 262. The van der Waals surface area contributed by atoms with Gasteiger partial charge >= 0.3 is 0 Å². The highest BCUT2D eigenvalue weighted by molar-refractivity contribution is 5.99. The zero-order valence-electron chi connectivity index (χ0n) is 8.71. The van der Waals surface area contributed by atoms with Crippen molar-refractivity contribution < 1.29 is 14.4 Å². The summed E-state index contributed by atoms with van der Waals surface area (Å²) in [7, 11) is 1.56. The number of nitrogens with one attached hydrogen (secondary N) is 2. The number of piperazine rings is 1. The molecule has 6 nitrogen and oxygen atoms in total. The number of rotatable bonds is 4. The van der Waals surface area contributed by atoms with Gasteiger partial charge in [-0.05, 0) is 6.42 Å². The predicted octanol–water partition coefficient (Wildman–Crippen LogP) is -1.53. The first kappa shape index (κ1) is 11.6. The summed E-state index contributed by atoms with van der Waals surface area (Å²) in [4.78, 5) is 34.7. The van der Waals surface area contributed by atoms with Crippen LogP contribution in [-0.2, 0) is 14.4 Å². The normalized spacial score (nSPS) is 16.7. The van der Waals surface area contributed by atoms with Crippen LogP contribution in [0, 0.1) is 0 Å². The standard InChI is InChI=1S/C9H15N3O3/c1-10-7(13)3-2-4-12-8(14)5-11-6-9(12)15/h11H,2-6H2,1H3,(H,10,13). The fourth-order valence-corrected chi connectivity index (χ4v) is 1.38. The lowest BCUT2D eigenvalue weighted by Gasteiger charge is -2.25. The van der Waals surface area contributed by atoms with Crippen LogP contribution in [0.3, 0.4) is 0 Å². The van der Waals surface area contributed by atoms with Gasteiger partial charge in [-0.3, -0.25) is 24.6 Å². The number of carbonyl (C=O) groups is 3. The second kappa shape index (κ2) is 5.45. The number of amides is 3. The molecule has 1 saturated heterocycles. The summed E-state index contributed by atoms with van der Waals surface area (Å²) >= 11 is 0. The van der Waals surface area contributed by atoms with E-state index in [1.54, 1.807) is 7.05 Å². The molecule has 2 N–H and O–H groups in total. The Balaban J connectivity index is 2.33. The Kier molecular flexibility index (Phi) is 4.23. The third kappa shape index (κ3) is 3.32. The molecule has 1 rings (SSSR count). The molecular formula is C9H15N3O3. The van der Waals surface area contributed by atoms with E-state index in [0.29, 0.717) is 19.4 Å². The summed E-state index contributed by atoms with van der Waals surface area (Å²) in [6, 6.07) is 0. The lowest BCUT2D eigenvalue weighted by molar-refractivity contribution is -0.146. The van der Waals surface area contributed by atoms with Crippen LogP contribution in [0.15, 0.2) is 0 Å². The van der Waals surface area contributed by atoms with Gasteiger partial charge < -0.3 is 5.32 Å². The van der Waals surface area contributed by atoms with Gasteiger partial charge in [-0.25, -0.2) is 0 Å². The molecule has 1 fully saturated rings. The van der Waals surface area contributed by atoms with E-state index >= 15 is 0 Å². The fourth-order valence-electron chi connectivity index (χ4n) is 1.38. The molecule has 15 heavy (non-hydrogen) atoms. The molecule has 1 heterocycles. The molecule has 84 valence electrons. The molecular weight excluding hydrogens is 198 g/mol. The van der Waals surface area contributed by atoms with Crippen molar-refractivity contribution in [1.29, 1.82) is 0 Å². The maximum absolute atomic E-state index is 11.3. The summed E-state index contributed by atoms with van der Waals surface area (Å²) < 4.78 is 0. The molecule has 0 aromatic heterocycles. The molecule has 0 aromatic carbocycles. The van der Waals surface area contributed by atoms with Crippen LogP contribution in [0.2, 0.25) is 0 Å². The molecule has 0 spiro atoms. The van der Waals surface area contributed by atoms with Gasteiger partial charge in [0.05, 0.1) is 13.1 Å². The van der Waals surface area contributed by atoms with Crippen molar-refractivity contribution in [3.63, 3.8) is 0 Å². The number of hydrogen-bond acceptors (Lipinski definition) is 4. The molecule has 0 bridgehead atoms. The number of carbonyl (C=O) groups excluding carboxylic acids is 3. The van der Waals surface area contributed by atoms with E-state index < -0.39 is 0 Å². The number of nitrogens with zero attached hydrogens (tertiary/aromatic N) is 1. The summed E-state index contributed by atoms with van der Waals surface area (Å²) in [6.45, 7) is 0.726. The van der Waals surface area contributed by atoms with Crippen LogP contribution in [0.25, 0.3) is 0 Å². The van der Waals surface area contributed by atoms with Crippen LogP contribution in [-0.4, -0.2) is 49.3 Å². The second-order valence-corrected chi connectivity index (χ2v) is 3.32. The molecule has 1 aliphatic rings. The van der Waals surface area contributed by atoms with Gasteiger partial charge in [0.25, 0.3) is 0 Å². The Morgan fingerprint density at radius 2 is 2.00 bits per heavy atom. The van der Waals surface area contributed by atoms with E-state index in [2.05, 4.69) is 10.6 Å². The molecule has 3 amide bonds. The zero-order valence-corrected chi connectivity index (χ0v) is 8.71. The molecule has 1 aliphatic heterocycles. The lowest BCUT2D eigenvalue weighted by Crippen LogP contribution is -2.52. The summed E-state index contributed by atoms with van der Waals surface area (Å²) in [6.07, 6.45) is 0.845. The summed E-state index contributed by atoms with van der Waals surface area (Å²) in [5, 5.41) is 5.19. The maximum atomic E-state index is 11.3. The van der Waals surface area contributed by atoms with E-state index in [1.807, 2.05) is 0 Å². The third-order valence-corrected chi connectivity index (χ3v) is 2.22. The van der Waals surface area contributed by atoms with Crippen molar-refractivity contribution in [2.75, 3.05) is 26.7 Å². The largest absolute Gasteiger partial charge is 0.359 e. The SMILES string of the molecule is CNC(=O)CCCN1C(=O)CNCC1=O. The van der Waals surface area contributed by atoms with Crippen molar-refractivity contribution in [2.45, 2.75) is 12.8 Å². The molecule has 0 saturated carbocycles. The molecule has 6 heteroatoms. The minimum absolute atomic E-state index is 0.0787.